The highest BCUT2D eigenvalue weighted by molar-refractivity contribution is 7.99. The topological polar surface area (TPSA) is 52.2 Å². The molecule has 2 aliphatic rings. The molecule has 29 heavy (non-hydrogen) atoms. The van der Waals surface area contributed by atoms with Gasteiger partial charge in [-0.2, -0.15) is 0 Å². The van der Waals surface area contributed by atoms with E-state index in [4.69, 9.17) is 0 Å². The molecule has 0 amide bonds. The smallest absolute Gasteiger partial charge is 0.259 e. The van der Waals surface area contributed by atoms with Gasteiger partial charge in [-0.25, -0.2) is 0 Å². The second-order valence-electron chi connectivity index (χ2n) is 8.63. The highest BCUT2D eigenvalue weighted by Crippen LogP contribution is 2.49. The van der Waals surface area contributed by atoms with E-state index in [-0.39, 0.29) is 11.0 Å². The molecular formula is C23H26N4OS. The molecule has 1 saturated carbocycles. The Morgan fingerprint density at radius 2 is 1.97 bits per heavy atom. The van der Waals surface area contributed by atoms with E-state index in [1.807, 2.05) is 14.0 Å². The standard InChI is InChI=1S/C23H26N4OS/c1-15(2)14-29-22-25-24-21-26(3)20(28)18-19(27(21)22)17-10-6-5-9-16(17)13-23(18)11-7-4-8-12-23/h5-6,9-10H,1,4,7-8,11-14H2,2-3H3. The normalized spacial score (nSPS) is 17.3. The van der Waals surface area contributed by atoms with Gasteiger partial charge in [0.05, 0.1) is 5.69 Å². The molecule has 150 valence electrons. The summed E-state index contributed by atoms with van der Waals surface area (Å²) in [4.78, 5) is 13.6. The fourth-order valence-corrected chi connectivity index (χ4v) is 5.95. The van der Waals surface area contributed by atoms with Gasteiger partial charge in [0.15, 0.2) is 5.16 Å². The van der Waals surface area contributed by atoms with Crippen LogP contribution in [0.15, 0.2) is 46.4 Å². The molecule has 5 nitrogen and oxygen atoms in total. The molecule has 0 bridgehead atoms. The van der Waals surface area contributed by atoms with Gasteiger partial charge in [0.1, 0.15) is 0 Å². The van der Waals surface area contributed by atoms with Crippen molar-refractivity contribution in [1.82, 2.24) is 19.2 Å². The van der Waals surface area contributed by atoms with Crippen LogP contribution in [-0.4, -0.2) is 24.9 Å². The Hall–Kier alpha value is -2.34. The maximum Gasteiger partial charge on any atom is 0.259 e. The Kier molecular flexibility index (Phi) is 4.42. The fraction of sp³-hybridized carbons (Fsp3) is 0.435. The summed E-state index contributed by atoms with van der Waals surface area (Å²) in [5.74, 6) is 1.39. The summed E-state index contributed by atoms with van der Waals surface area (Å²) in [6.07, 6.45) is 6.72. The van der Waals surface area contributed by atoms with Gasteiger partial charge >= 0.3 is 0 Å². The van der Waals surface area contributed by atoms with E-state index >= 15 is 0 Å². The summed E-state index contributed by atoms with van der Waals surface area (Å²) in [5.41, 5.74) is 5.58. The predicted octanol–water partition coefficient (Wildman–Crippen LogP) is 4.52. The van der Waals surface area contributed by atoms with Crippen molar-refractivity contribution in [3.63, 3.8) is 0 Å². The highest BCUT2D eigenvalue weighted by Gasteiger charge is 2.43. The van der Waals surface area contributed by atoms with Gasteiger partial charge < -0.3 is 0 Å². The van der Waals surface area contributed by atoms with Crippen LogP contribution < -0.4 is 5.56 Å². The number of benzene rings is 1. The maximum atomic E-state index is 13.6. The molecule has 2 aromatic heterocycles. The Balaban J connectivity index is 1.88. The Bertz CT molecular complexity index is 1180. The highest BCUT2D eigenvalue weighted by atomic mass is 32.2. The maximum absolute atomic E-state index is 13.6. The molecule has 6 heteroatoms. The molecular weight excluding hydrogens is 380 g/mol. The van der Waals surface area contributed by atoms with E-state index in [1.54, 1.807) is 16.3 Å². The number of fused-ring (bicyclic) bond motifs is 6. The van der Waals surface area contributed by atoms with Crippen molar-refractivity contribution in [2.24, 2.45) is 7.05 Å². The molecule has 1 fully saturated rings. The number of hydrogen-bond acceptors (Lipinski definition) is 4. The van der Waals surface area contributed by atoms with Gasteiger partial charge in [0.25, 0.3) is 5.56 Å². The lowest BCUT2D eigenvalue weighted by atomic mass is 9.62. The summed E-state index contributed by atoms with van der Waals surface area (Å²) >= 11 is 1.64. The van der Waals surface area contributed by atoms with Crippen LogP contribution in [0.4, 0.5) is 0 Å². The van der Waals surface area contributed by atoms with E-state index in [0.717, 1.165) is 52.6 Å². The summed E-state index contributed by atoms with van der Waals surface area (Å²) in [5, 5.41) is 9.69. The Labute approximate surface area is 174 Å². The van der Waals surface area contributed by atoms with Crippen molar-refractivity contribution >= 4 is 17.5 Å². The largest absolute Gasteiger partial charge is 0.280 e. The number of aryl methyl sites for hydroxylation is 1. The van der Waals surface area contributed by atoms with Crippen LogP contribution in [0, 0.1) is 0 Å². The minimum absolute atomic E-state index is 0.0778. The molecule has 0 atom stereocenters. The van der Waals surface area contributed by atoms with Crippen LogP contribution in [0.25, 0.3) is 17.0 Å². The van der Waals surface area contributed by atoms with E-state index in [9.17, 15) is 4.79 Å². The number of rotatable bonds is 3. The van der Waals surface area contributed by atoms with Gasteiger partial charge in [-0.15, -0.1) is 10.2 Å². The molecule has 2 heterocycles. The van der Waals surface area contributed by atoms with Crippen LogP contribution in [0.1, 0.15) is 50.2 Å². The van der Waals surface area contributed by atoms with Crippen molar-refractivity contribution in [2.45, 2.75) is 56.0 Å². The van der Waals surface area contributed by atoms with Gasteiger partial charge in [-0.3, -0.25) is 13.8 Å². The average Bonchev–Trinajstić information content (AvgIpc) is 3.14. The van der Waals surface area contributed by atoms with Crippen molar-refractivity contribution in [2.75, 3.05) is 5.75 Å². The first-order chi connectivity index (χ1) is 14.0. The minimum atomic E-state index is -0.0778. The third-order valence-corrected chi connectivity index (χ3v) is 7.64. The average molecular weight is 407 g/mol. The number of hydrogen-bond donors (Lipinski definition) is 0. The summed E-state index contributed by atoms with van der Waals surface area (Å²) in [6.45, 7) is 6.05. The lowest BCUT2D eigenvalue weighted by Crippen LogP contribution is -2.43. The molecule has 2 aliphatic carbocycles. The summed E-state index contributed by atoms with van der Waals surface area (Å²) in [6, 6.07) is 8.55. The van der Waals surface area contributed by atoms with Crippen LogP contribution in [-0.2, 0) is 18.9 Å². The van der Waals surface area contributed by atoms with Gasteiger partial charge in [0.2, 0.25) is 5.78 Å². The van der Waals surface area contributed by atoms with Crippen molar-refractivity contribution in [3.05, 3.63) is 57.9 Å². The first kappa shape index (κ1) is 18.7. The van der Waals surface area contributed by atoms with Crippen molar-refractivity contribution < 1.29 is 0 Å². The third kappa shape index (κ3) is 2.80. The molecule has 0 radical (unpaired) electrons. The van der Waals surface area contributed by atoms with Crippen molar-refractivity contribution in [1.29, 1.82) is 0 Å². The van der Waals surface area contributed by atoms with Crippen LogP contribution in [0.5, 0.6) is 0 Å². The van der Waals surface area contributed by atoms with Crippen molar-refractivity contribution in [3.8, 4) is 11.3 Å². The van der Waals surface area contributed by atoms with E-state index < -0.39 is 0 Å². The number of nitrogens with zero attached hydrogens (tertiary/aromatic N) is 4. The molecule has 0 saturated heterocycles. The lowest BCUT2D eigenvalue weighted by molar-refractivity contribution is 0.283. The first-order valence-electron chi connectivity index (χ1n) is 10.4. The second-order valence-corrected chi connectivity index (χ2v) is 9.57. The zero-order valence-electron chi connectivity index (χ0n) is 17.1. The number of aromatic nitrogens is 4. The van der Waals surface area contributed by atoms with E-state index in [0.29, 0.717) is 5.78 Å². The number of thioether (sulfide) groups is 1. The molecule has 3 aromatic rings. The molecule has 1 aromatic carbocycles. The molecule has 0 N–H and O–H groups in total. The fourth-order valence-electron chi connectivity index (χ4n) is 5.17. The second kappa shape index (κ2) is 6.87. The molecule has 5 rings (SSSR count). The van der Waals surface area contributed by atoms with E-state index in [1.165, 1.54) is 24.8 Å². The van der Waals surface area contributed by atoms with E-state index in [2.05, 4.69) is 45.4 Å². The monoisotopic (exact) mass is 406 g/mol. The van der Waals surface area contributed by atoms with Crippen LogP contribution in [0.2, 0.25) is 0 Å². The van der Waals surface area contributed by atoms with Gasteiger partial charge in [-0.1, -0.05) is 67.4 Å². The summed E-state index contributed by atoms with van der Waals surface area (Å²) < 4.78 is 3.82. The Morgan fingerprint density at radius 1 is 1.21 bits per heavy atom. The lowest BCUT2D eigenvalue weighted by Gasteiger charge is -2.42. The zero-order valence-corrected chi connectivity index (χ0v) is 17.9. The molecule has 0 aliphatic heterocycles. The Morgan fingerprint density at radius 3 is 2.72 bits per heavy atom. The summed E-state index contributed by atoms with van der Waals surface area (Å²) in [7, 11) is 1.83. The molecule has 0 unspecified atom stereocenters. The predicted molar refractivity (Wildman–Crippen MR) is 118 cm³/mol. The van der Waals surface area contributed by atoms with Crippen LogP contribution in [0.3, 0.4) is 0 Å². The van der Waals surface area contributed by atoms with Gasteiger partial charge in [-0.05, 0) is 31.7 Å². The first-order valence-corrected chi connectivity index (χ1v) is 11.3. The van der Waals surface area contributed by atoms with Gasteiger partial charge in [0, 0.05) is 29.3 Å². The minimum Gasteiger partial charge on any atom is -0.280 e. The molecule has 1 spiro atoms. The SMILES string of the molecule is C=C(C)CSc1nnc2n(C)c(=O)c3c(n12)-c1ccccc1CC31CCCCC1. The third-order valence-electron chi connectivity index (χ3n) is 6.49. The quantitative estimate of drug-likeness (QED) is 0.474. The zero-order chi connectivity index (χ0) is 20.2. The van der Waals surface area contributed by atoms with Crippen LogP contribution >= 0.6 is 11.8 Å².